The summed E-state index contributed by atoms with van der Waals surface area (Å²) in [4.78, 5) is 4.27. The van der Waals surface area contributed by atoms with E-state index in [1.807, 2.05) is 0 Å². The maximum Gasteiger partial charge on any atom is 0.156 e. The van der Waals surface area contributed by atoms with Crippen molar-refractivity contribution in [3.05, 3.63) is 46.2 Å². The van der Waals surface area contributed by atoms with Crippen LogP contribution < -0.4 is 4.74 Å². The van der Waals surface area contributed by atoms with Crippen LogP contribution in [-0.4, -0.2) is 30.9 Å². The molecular weight excluding hydrogens is 353 g/mol. The molecular formula is C16H20FNO4S2. The van der Waals surface area contributed by atoms with Crippen LogP contribution in [0.15, 0.2) is 29.6 Å². The molecule has 0 atom stereocenters. The first-order valence-corrected chi connectivity index (χ1v) is 10.3. The molecule has 0 aliphatic heterocycles. The van der Waals surface area contributed by atoms with Crippen LogP contribution in [0.25, 0.3) is 0 Å². The third kappa shape index (κ3) is 6.54. The molecule has 0 unspecified atom stereocenters. The van der Waals surface area contributed by atoms with E-state index in [9.17, 15) is 12.8 Å². The Labute approximate surface area is 145 Å². The van der Waals surface area contributed by atoms with Gasteiger partial charge in [0.05, 0.1) is 17.2 Å². The monoisotopic (exact) mass is 373 g/mol. The van der Waals surface area contributed by atoms with E-state index in [4.69, 9.17) is 9.84 Å². The molecule has 2 aromatic rings. The summed E-state index contributed by atoms with van der Waals surface area (Å²) in [5.41, 5.74) is 0.514. The van der Waals surface area contributed by atoms with E-state index >= 15 is 0 Å². The Bertz CT molecular complexity index is 729. The quantitative estimate of drug-likeness (QED) is 0.648. The fourth-order valence-electron chi connectivity index (χ4n) is 2.07. The highest BCUT2D eigenvalue weighted by Gasteiger charge is 2.14. The minimum atomic E-state index is -3.19. The predicted octanol–water partition coefficient (Wildman–Crippen LogP) is 2.94. The van der Waals surface area contributed by atoms with Crippen molar-refractivity contribution < 1.29 is 22.7 Å². The van der Waals surface area contributed by atoms with Crippen LogP contribution in [-0.2, 0) is 22.2 Å². The SMILES string of the molecule is O=S(=O)(CCCCCO)Cc1csc(COc2ccc(F)cc2)n1. The van der Waals surface area contributed by atoms with Gasteiger partial charge in [0.15, 0.2) is 9.84 Å². The highest BCUT2D eigenvalue weighted by atomic mass is 32.2. The topological polar surface area (TPSA) is 76.5 Å². The third-order valence-corrected chi connectivity index (χ3v) is 5.77. The molecule has 1 N–H and O–H groups in total. The van der Waals surface area contributed by atoms with Crippen LogP contribution >= 0.6 is 11.3 Å². The van der Waals surface area contributed by atoms with Gasteiger partial charge in [0.25, 0.3) is 0 Å². The maximum atomic E-state index is 12.8. The molecule has 132 valence electrons. The summed E-state index contributed by atoms with van der Waals surface area (Å²) in [5, 5.41) is 11.1. The lowest BCUT2D eigenvalue weighted by Crippen LogP contribution is -2.10. The van der Waals surface area contributed by atoms with Gasteiger partial charge in [0.2, 0.25) is 0 Å². The third-order valence-electron chi connectivity index (χ3n) is 3.26. The van der Waals surface area contributed by atoms with Crippen LogP contribution in [0.3, 0.4) is 0 Å². The zero-order chi connectivity index (χ0) is 17.4. The van der Waals surface area contributed by atoms with Gasteiger partial charge in [-0.3, -0.25) is 0 Å². The van der Waals surface area contributed by atoms with Crippen LogP contribution in [0.4, 0.5) is 4.39 Å². The van der Waals surface area contributed by atoms with Crippen LogP contribution in [0.2, 0.25) is 0 Å². The van der Waals surface area contributed by atoms with Crippen molar-refractivity contribution in [2.45, 2.75) is 31.6 Å². The Morgan fingerprint density at radius 3 is 2.62 bits per heavy atom. The smallest absolute Gasteiger partial charge is 0.156 e. The average molecular weight is 373 g/mol. The summed E-state index contributed by atoms with van der Waals surface area (Å²) in [6.07, 6.45) is 1.87. The van der Waals surface area contributed by atoms with Gasteiger partial charge >= 0.3 is 0 Å². The molecule has 0 saturated carbocycles. The van der Waals surface area contributed by atoms with Gasteiger partial charge in [-0.25, -0.2) is 17.8 Å². The molecule has 0 radical (unpaired) electrons. The molecule has 1 heterocycles. The first-order chi connectivity index (χ1) is 11.5. The van der Waals surface area contributed by atoms with E-state index in [1.165, 1.54) is 35.6 Å². The van der Waals surface area contributed by atoms with Crippen LogP contribution in [0.5, 0.6) is 5.75 Å². The van der Waals surface area contributed by atoms with Crippen LogP contribution in [0, 0.1) is 5.82 Å². The van der Waals surface area contributed by atoms with E-state index in [0.29, 0.717) is 35.7 Å². The number of halogens is 1. The number of benzene rings is 1. The highest BCUT2D eigenvalue weighted by molar-refractivity contribution is 7.90. The van der Waals surface area contributed by atoms with Crippen molar-refractivity contribution in [2.75, 3.05) is 12.4 Å². The minimum Gasteiger partial charge on any atom is -0.486 e. The number of aliphatic hydroxyl groups is 1. The number of hydrogen-bond donors (Lipinski definition) is 1. The second-order valence-corrected chi connectivity index (χ2v) is 8.48. The Balaban J connectivity index is 1.82. The number of ether oxygens (including phenoxy) is 1. The largest absolute Gasteiger partial charge is 0.486 e. The van der Waals surface area contributed by atoms with E-state index in [-0.39, 0.29) is 30.5 Å². The molecule has 24 heavy (non-hydrogen) atoms. The molecule has 5 nitrogen and oxygen atoms in total. The van der Waals surface area contributed by atoms with Crippen molar-refractivity contribution in [1.82, 2.24) is 4.98 Å². The number of sulfone groups is 1. The van der Waals surface area contributed by atoms with Gasteiger partial charge in [-0.2, -0.15) is 0 Å². The summed E-state index contributed by atoms with van der Waals surface area (Å²) < 4.78 is 42.3. The van der Waals surface area contributed by atoms with E-state index < -0.39 is 9.84 Å². The number of rotatable bonds is 10. The summed E-state index contributed by atoms with van der Waals surface area (Å²) in [7, 11) is -3.19. The number of aliphatic hydroxyl groups excluding tert-OH is 1. The van der Waals surface area contributed by atoms with Gasteiger partial charge < -0.3 is 9.84 Å². The summed E-state index contributed by atoms with van der Waals surface area (Å²) in [6.45, 7) is 0.302. The lowest BCUT2D eigenvalue weighted by Gasteiger charge is -2.03. The van der Waals surface area contributed by atoms with Crippen LogP contribution in [0.1, 0.15) is 30.0 Å². The van der Waals surface area contributed by atoms with Gasteiger partial charge in [-0.05, 0) is 37.1 Å². The van der Waals surface area contributed by atoms with Crippen molar-refractivity contribution in [3.8, 4) is 5.75 Å². The maximum absolute atomic E-state index is 12.8. The van der Waals surface area contributed by atoms with Gasteiger partial charge in [-0.1, -0.05) is 6.42 Å². The first-order valence-electron chi connectivity index (χ1n) is 7.61. The second kappa shape index (κ2) is 9.10. The Morgan fingerprint density at radius 2 is 1.92 bits per heavy atom. The van der Waals surface area contributed by atoms with Crippen molar-refractivity contribution in [1.29, 1.82) is 0 Å². The predicted molar refractivity (Wildman–Crippen MR) is 91.3 cm³/mol. The molecule has 0 saturated heterocycles. The molecule has 1 aromatic heterocycles. The Hall–Kier alpha value is -1.51. The number of nitrogens with zero attached hydrogens (tertiary/aromatic N) is 1. The molecule has 0 bridgehead atoms. The molecule has 0 aliphatic rings. The molecule has 2 rings (SSSR count). The summed E-state index contributed by atoms with van der Waals surface area (Å²) >= 11 is 1.34. The fourth-order valence-corrected chi connectivity index (χ4v) is 4.26. The minimum absolute atomic E-state index is 0.0842. The molecule has 1 aromatic carbocycles. The summed E-state index contributed by atoms with van der Waals surface area (Å²) in [5.74, 6) is 0.221. The first kappa shape index (κ1) is 18.8. The number of aromatic nitrogens is 1. The average Bonchev–Trinajstić information content (AvgIpc) is 2.98. The lowest BCUT2D eigenvalue weighted by atomic mass is 10.3. The Morgan fingerprint density at radius 1 is 1.17 bits per heavy atom. The van der Waals surface area contributed by atoms with Gasteiger partial charge in [-0.15, -0.1) is 11.3 Å². The summed E-state index contributed by atoms with van der Waals surface area (Å²) in [6, 6.07) is 5.68. The van der Waals surface area contributed by atoms with Crippen molar-refractivity contribution >= 4 is 21.2 Å². The van der Waals surface area contributed by atoms with E-state index in [0.717, 1.165) is 0 Å². The van der Waals surface area contributed by atoms with E-state index in [1.54, 1.807) is 5.38 Å². The highest BCUT2D eigenvalue weighted by Crippen LogP contribution is 2.17. The normalized spacial score (nSPS) is 11.6. The number of thiazole rings is 1. The standard InChI is InChI=1S/C16H20FNO4S2/c17-13-4-6-15(7-5-13)22-10-16-18-14(11-23-16)12-24(20,21)9-3-1-2-8-19/h4-7,11,19H,1-3,8-10,12H2. The van der Waals surface area contributed by atoms with Crippen molar-refractivity contribution in [3.63, 3.8) is 0 Å². The zero-order valence-electron chi connectivity index (χ0n) is 13.2. The molecule has 8 heteroatoms. The molecule has 0 fully saturated rings. The zero-order valence-corrected chi connectivity index (χ0v) is 14.8. The van der Waals surface area contributed by atoms with Crippen molar-refractivity contribution in [2.24, 2.45) is 0 Å². The molecule has 0 aliphatic carbocycles. The Kier molecular flexibility index (Phi) is 7.14. The number of unbranched alkanes of at least 4 members (excludes halogenated alkanes) is 2. The lowest BCUT2D eigenvalue weighted by molar-refractivity contribution is 0.284. The molecule has 0 amide bonds. The second-order valence-electron chi connectivity index (χ2n) is 5.35. The fraction of sp³-hybridized carbons (Fsp3) is 0.438. The van der Waals surface area contributed by atoms with Gasteiger partial charge in [0, 0.05) is 12.0 Å². The number of hydrogen-bond acceptors (Lipinski definition) is 6. The van der Waals surface area contributed by atoms with E-state index in [2.05, 4.69) is 4.98 Å². The van der Waals surface area contributed by atoms with Gasteiger partial charge in [0.1, 0.15) is 23.2 Å². The molecule has 0 spiro atoms.